The molecule has 0 aliphatic heterocycles. The Labute approximate surface area is 131 Å². The molecule has 3 aromatic rings. The van der Waals surface area contributed by atoms with Crippen molar-refractivity contribution in [3.05, 3.63) is 57.2 Å². The van der Waals surface area contributed by atoms with Crippen molar-refractivity contribution in [3.63, 3.8) is 0 Å². The Kier molecular flexibility index (Phi) is 3.31. The van der Waals surface area contributed by atoms with Crippen LogP contribution in [-0.4, -0.2) is 20.9 Å². The molecule has 1 aliphatic rings. The van der Waals surface area contributed by atoms with Crippen LogP contribution >= 0.6 is 11.3 Å². The average Bonchev–Trinajstić information content (AvgIpc) is 2.94. The van der Waals surface area contributed by atoms with E-state index in [1.165, 1.54) is 27.9 Å². The number of aryl methyl sites for hydroxylation is 2. The van der Waals surface area contributed by atoms with Crippen LogP contribution in [0.25, 0.3) is 10.2 Å². The fourth-order valence-corrected chi connectivity index (χ4v) is 4.02. The molecule has 0 spiro atoms. The zero-order valence-corrected chi connectivity index (χ0v) is 12.7. The molecular formula is C16H14N4OS. The van der Waals surface area contributed by atoms with Crippen LogP contribution in [0, 0.1) is 0 Å². The van der Waals surface area contributed by atoms with Crippen molar-refractivity contribution in [2.75, 3.05) is 0 Å². The largest absolute Gasteiger partial charge is 0.282 e. The summed E-state index contributed by atoms with van der Waals surface area (Å²) < 4.78 is 1.32. The minimum atomic E-state index is -0.0743. The van der Waals surface area contributed by atoms with Gasteiger partial charge in [0.2, 0.25) is 0 Å². The third kappa shape index (κ3) is 2.25. The van der Waals surface area contributed by atoms with Crippen LogP contribution in [0.1, 0.15) is 28.8 Å². The molecule has 0 unspecified atom stereocenters. The zero-order valence-electron chi connectivity index (χ0n) is 11.9. The van der Waals surface area contributed by atoms with E-state index in [4.69, 9.17) is 0 Å². The number of pyridine rings is 1. The van der Waals surface area contributed by atoms with Gasteiger partial charge in [-0.25, -0.2) is 4.98 Å². The molecule has 3 heterocycles. The maximum atomic E-state index is 12.7. The Morgan fingerprint density at radius 1 is 1.23 bits per heavy atom. The molecule has 5 nitrogen and oxygen atoms in total. The molecule has 0 fully saturated rings. The topological polar surface area (TPSA) is 60.1 Å². The van der Waals surface area contributed by atoms with Crippen LogP contribution in [0.2, 0.25) is 0 Å². The number of hydrogen-bond acceptors (Lipinski definition) is 5. The minimum absolute atomic E-state index is 0.0743. The molecule has 0 saturated heterocycles. The van der Waals surface area contributed by atoms with Crippen LogP contribution in [-0.2, 0) is 12.8 Å². The summed E-state index contributed by atoms with van der Waals surface area (Å²) in [5.41, 5.74) is 2.02. The monoisotopic (exact) mass is 310 g/mol. The van der Waals surface area contributed by atoms with Crippen molar-refractivity contribution in [1.29, 1.82) is 0 Å². The van der Waals surface area contributed by atoms with Crippen molar-refractivity contribution in [3.8, 4) is 0 Å². The fraction of sp³-hybridized carbons (Fsp3) is 0.250. The zero-order chi connectivity index (χ0) is 14.9. The number of nitrogens with zero attached hydrogens (tertiary/aromatic N) is 4. The molecule has 6 heteroatoms. The van der Waals surface area contributed by atoms with E-state index in [-0.39, 0.29) is 5.56 Å². The van der Waals surface area contributed by atoms with Gasteiger partial charge in [-0.05, 0) is 48.9 Å². The van der Waals surface area contributed by atoms with E-state index < -0.39 is 0 Å². The maximum absolute atomic E-state index is 12.7. The standard InChI is InChI=1S/C16H14N4OS/c21-16-14-12-3-1-2-4-13(12)22-15(14)18-10-20(16)19-9-11-5-7-17-8-6-11/h5-10H,1-4H2/b19-9+. The Bertz CT molecular complexity index is 911. The van der Waals surface area contributed by atoms with Gasteiger partial charge in [-0.1, -0.05) is 0 Å². The number of aromatic nitrogens is 3. The van der Waals surface area contributed by atoms with Gasteiger partial charge in [-0.3, -0.25) is 9.78 Å². The van der Waals surface area contributed by atoms with Gasteiger partial charge >= 0.3 is 0 Å². The van der Waals surface area contributed by atoms with Crippen molar-refractivity contribution >= 4 is 27.8 Å². The molecule has 0 saturated carbocycles. The third-order valence-electron chi connectivity index (χ3n) is 3.90. The molecular weight excluding hydrogens is 296 g/mol. The van der Waals surface area contributed by atoms with Crippen LogP contribution in [0.15, 0.2) is 40.7 Å². The molecule has 22 heavy (non-hydrogen) atoms. The summed E-state index contributed by atoms with van der Waals surface area (Å²) in [5.74, 6) is 0. The highest BCUT2D eigenvalue weighted by Gasteiger charge is 2.19. The number of fused-ring (bicyclic) bond motifs is 3. The van der Waals surface area contributed by atoms with Gasteiger partial charge in [0.05, 0.1) is 11.6 Å². The SMILES string of the molecule is O=c1c2c3c(sc2ncn1/N=C/c1ccncc1)CCCC3. The highest BCUT2D eigenvalue weighted by molar-refractivity contribution is 7.18. The highest BCUT2D eigenvalue weighted by Crippen LogP contribution is 2.33. The normalized spacial score (nSPS) is 14.5. The first-order valence-corrected chi connectivity index (χ1v) is 8.11. The Morgan fingerprint density at radius 3 is 2.91 bits per heavy atom. The summed E-state index contributed by atoms with van der Waals surface area (Å²) >= 11 is 1.65. The first-order valence-electron chi connectivity index (χ1n) is 7.29. The van der Waals surface area contributed by atoms with E-state index in [0.717, 1.165) is 35.0 Å². The van der Waals surface area contributed by atoms with E-state index in [0.29, 0.717) is 0 Å². The van der Waals surface area contributed by atoms with Crippen molar-refractivity contribution in [1.82, 2.24) is 14.6 Å². The fourth-order valence-electron chi connectivity index (χ4n) is 2.80. The minimum Gasteiger partial charge on any atom is -0.267 e. The highest BCUT2D eigenvalue weighted by atomic mass is 32.1. The second-order valence-corrected chi connectivity index (χ2v) is 6.39. The summed E-state index contributed by atoms with van der Waals surface area (Å²) in [6, 6.07) is 3.68. The average molecular weight is 310 g/mol. The van der Waals surface area contributed by atoms with E-state index in [1.807, 2.05) is 12.1 Å². The number of hydrogen-bond donors (Lipinski definition) is 0. The molecule has 0 bridgehead atoms. The molecule has 0 aromatic carbocycles. The molecule has 3 aromatic heterocycles. The predicted molar refractivity (Wildman–Crippen MR) is 87.8 cm³/mol. The van der Waals surface area contributed by atoms with Gasteiger partial charge in [-0.2, -0.15) is 9.78 Å². The van der Waals surface area contributed by atoms with E-state index in [9.17, 15) is 4.79 Å². The molecule has 110 valence electrons. The number of rotatable bonds is 2. The van der Waals surface area contributed by atoms with Gasteiger partial charge in [0.25, 0.3) is 5.56 Å². The Balaban J connectivity index is 1.81. The second-order valence-electron chi connectivity index (χ2n) is 5.31. The Hall–Kier alpha value is -2.34. The lowest BCUT2D eigenvalue weighted by Crippen LogP contribution is -2.18. The van der Waals surface area contributed by atoms with Crippen LogP contribution < -0.4 is 5.56 Å². The van der Waals surface area contributed by atoms with Crippen LogP contribution in [0.4, 0.5) is 0 Å². The summed E-state index contributed by atoms with van der Waals surface area (Å²) in [7, 11) is 0. The van der Waals surface area contributed by atoms with Crippen molar-refractivity contribution < 1.29 is 0 Å². The first kappa shape index (κ1) is 13.3. The van der Waals surface area contributed by atoms with Gasteiger partial charge in [0.1, 0.15) is 11.2 Å². The van der Waals surface area contributed by atoms with Crippen LogP contribution in [0.5, 0.6) is 0 Å². The molecule has 0 N–H and O–H groups in total. The summed E-state index contributed by atoms with van der Waals surface area (Å²) in [6.07, 6.45) is 10.9. The lowest BCUT2D eigenvalue weighted by atomic mass is 9.97. The van der Waals surface area contributed by atoms with Gasteiger partial charge < -0.3 is 0 Å². The van der Waals surface area contributed by atoms with E-state index >= 15 is 0 Å². The quantitative estimate of drug-likeness (QED) is 0.684. The lowest BCUT2D eigenvalue weighted by Gasteiger charge is -2.09. The molecule has 0 atom stereocenters. The van der Waals surface area contributed by atoms with Crippen molar-refractivity contribution in [2.24, 2.45) is 5.10 Å². The Morgan fingerprint density at radius 2 is 2.05 bits per heavy atom. The number of thiophene rings is 1. The van der Waals surface area contributed by atoms with Crippen molar-refractivity contribution in [2.45, 2.75) is 25.7 Å². The van der Waals surface area contributed by atoms with E-state index in [1.54, 1.807) is 29.9 Å². The molecule has 0 radical (unpaired) electrons. The summed E-state index contributed by atoms with van der Waals surface area (Å²) in [6.45, 7) is 0. The maximum Gasteiger partial charge on any atom is 0.282 e. The van der Waals surface area contributed by atoms with Gasteiger partial charge in [-0.15, -0.1) is 11.3 Å². The summed E-state index contributed by atoms with van der Waals surface area (Å²) in [4.78, 5) is 23.2. The lowest BCUT2D eigenvalue weighted by molar-refractivity contribution is 0.699. The smallest absolute Gasteiger partial charge is 0.267 e. The second kappa shape index (κ2) is 5.46. The van der Waals surface area contributed by atoms with Crippen LogP contribution in [0.3, 0.4) is 0 Å². The van der Waals surface area contributed by atoms with E-state index in [2.05, 4.69) is 15.1 Å². The molecule has 4 rings (SSSR count). The summed E-state index contributed by atoms with van der Waals surface area (Å²) in [5, 5.41) is 5.01. The third-order valence-corrected chi connectivity index (χ3v) is 5.10. The van der Waals surface area contributed by atoms with Gasteiger partial charge in [0.15, 0.2) is 0 Å². The first-order chi connectivity index (χ1) is 10.8. The van der Waals surface area contributed by atoms with Gasteiger partial charge in [0, 0.05) is 17.3 Å². The molecule has 0 amide bonds. The predicted octanol–water partition coefficient (Wildman–Crippen LogP) is 2.61. The molecule has 1 aliphatic carbocycles.